The lowest BCUT2D eigenvalue weighted by Gasteiger charge is -2.03. The largest absolute Gasteiger partial charge is 0.316 e. The molecule has 0 radical (unpaired) electrons. The van der Waals surface area contributed by atoms with Gasteiger partial charge in [-0.15, -0.1) is 12.4 Å². The van der Waals surface area contributed by atoms with Gasteiger partial charge in [0.15, 0.2) is 0 Å². The molecular weight excluding hydrogens is 122 g/mol. The van der Waals surface area contributed by atoms with E-state index in [0.717, 1.165) is 11.8 Å². The molecule has 2 atom stereocenters. The minimum absolute atomic E-state index is 0. The number of hydrogen-bond acceptors (Lipinski definition) is 1. The highest BCUT2D eigenvalue weighted by Gasteiger charge is 2.16. The third kappa shape index (κ3) is 1.64. The lowest BCUT2D eigenvalue weighted by Crippen LogP contribution is -2.06. The maximum absolute atomic E-state index is 3.32. The fraction of sp³-hybridized carbons (Fsp3) is 1.00. The monoisotopic (exact) mass is 135 g/mol. The van der Waals surface area contributed by atoms with Gasteiger partial charge in [-0.25, -0.2) is 0 Å². The van der Waals surface area contributed by atoms with Gasteiger partial charge >= 0.3 is 0 Å². The van der Waals surface area contributed by atoms with Crippen molar-refractivity contribution in [2.75, 3.05) is 13.1 Å². The number of nitrogens with one attached hydrogen (secondary N) is 1. The Labute approximate surface area is 57.3 Å². The molecule has 50 valence electrons. The van der Waals surface area contributed by atoms with Gasteiger partial charge in [0, 0.05) is 0 Å². The lowest BCUT2D eigenvalue weighted by atomic mass is 10.0. The van der Waals surface area contributed by atoms with Crippen LogP contribution in [0.5, 0.6) is 0 Å². The van der Waals surface area contributed by atoms with Crippen LogP contribution in [0.1, 0.15) is 13.8 Å². The number of halogens is 1. The van der Waals surface area contributed by atoms with Crippen molar-refractivity contribution in [3.63, 3.8) is 0 Å². The number of hydrogen-bond donors (Lipinski definition) is 1. The van der Waals surface area contributed by atoms with Crippen molar-refractivity contribution >= 4 is 12.4 Å². The summed E-state index contributed by atoms with van der Waals surface area (Å²) in [5.41, 5.74) is 0. The molecule has 0 saturated carbocycles. The molecule has 0 aromatic carbocycles. The van der Waals surface area contributed by atoms with Gasteiger partial charge < -0.3 is 5.32 Å². The van der Waals surface area contributed by atoms with Crippen LogP contribution in [0.25, 0.3) is 0 Å². The molecule has 0 spiro atoms. The van der Waals surface area contributed by atoms with Crippen molar-refractivity contribution in [2.24, 2.45) is 11.8 Å². The Kier molecular flexibility index (Phi) is 3.41. The fourth-order valence-corrected chi connectivity index (χ4v) is 0.941. The number of rotatable bonds is 0. The summed E-state index contributed by atoms with van der Waals surface area (Å²) in [6.07, 6.45) is 0. The van der Waals surface area contributed by atoms with E-state index in [1.165, 1.54) is 13.1 Å². The first-order valence-corrected chi connectivity index (χ1v) is 3.01. The van der Waals surface area contributed by atoms with E-state index >= 15 is 0 Å². The second kappa shape index (κ2) is 3.31. The van der Waals surface area contributed by atoms with Crippen LogP contribution < -0.4 is 5.32 Å². The lowest BCUT2D eigenvalue weighted by molar-refractivity contribution is 0.494. The molecule has 0 aliphatic carbocycles. The van der Waals surface area contributed by atoms with Crippen LogP contribution in [-0.4, -0.2) is 13.1 Å². The molecule has 1 rings (SSSR count). The van der Waals surface area contributed by atoms with E-state index in [4.69, 9.17) is 0 Å². The minimum Gasteiger partial charge on any atom is -0.316 e. The van der Waals surface area contributed by atoms with Gasteiger partial charge in [0.1, 0.15) is 0 Å². The van der Waals surface area contributed by atoms with Crippen LogP contribution in [0.3, 0.4) is 0 Å². The summed E-state index contributed by atoms with van der Waals surface area (Å²) in [5.74, 6) is 1.81. The molecular formula is C6H14ClN. The van der Waals surface area contributed by atoms with E-state index < -0.39 is 0 Å². The topological polar surface area (TPSA) is 12.0 Å². The molecule has 0 aromatic heterocycles. The predicted molar refractivity (Wildman–Crippen MR) is 38.4 cm³/mol. The van der Waals surface area contributed by atoms with Crippen molar-refractivity contribution in [1.29, 1.82) is 0 Å². The van der Waals surface area contributed by atoms with Gasteiger partial charge in [-0.3, -0.25) is 0 Å². The Morgan fingerprint density at radius 2 is 1.50 bits per heavy atom. The van der Waals surface area contributed by atoms with Crippen LogP contribution in [0.15, 0.2) is 0 Å². The summed E-state index contributed by atoms with van der Waals surface area (Å²) in [4.78, 5) is 0. The van der Waals surface area contributed by atoms with E-state index in [0.29, 0.717) is 0 Å². The highest BCUT2D eigenvalue weighted by Crippen LogP contribution is 2.13. The zero-order valence-corrected chi connectivity index (χ0v) is 6.29. The molecule has 1 N–H and O–H groups in total. The molecule has 1 aliphatic rings. The van der Waals surface area contributed by atoms with Crippen molar-refractivity contribution in [2.45, 2.75) is 13.8 Å². The van der Waals surface area contributed by atoms with Gasteiger partial charge in [-0.1, -0.05) is 13.8 Å². The molecule has 1 fully saturated rings. The SMILES string of the molecule is CC1CNCC1C.Cl. The third-order valence-corrected chi connectivity index (χ3v) is 1.90. The average molecular weight is 136 g/mol. The normalized spacial score (nSPS) is 36.8. The Balaban J connectivity index is 0.000000490. The van der Waals surface area contributed by atoms with Gasteiger partial charge in [0.2, 0.25) is 0 Å². The molecule has 8 heavy (non-hydrogen) atoms. The van der Waals surface area contributed by atoms with E-state index in [-0.39, 0.29) is 12.4 Å². The van der Waals surface area contributed by atoms with Crippen LogP contribution >= 0.6 is 12.4 Å². The average Bonchev–Trinajstić information content (AvgIpc) is 1.91. The van der Waals surface area contributed by atoms with E-state index in [2.05, 4.69) is 19.2 Å². The minimum atomic E-state index is 0. The Bertz CT molecular complexity index is 57.5. The molecule has 2 unspecified atom stereocenters. The van der Waals surface area contributed by atoms with Gasteiger partial charge in [-0.2, -0.15) is 0 Å². The summed E-state index contributed by atoms with van der Waals surface area (Å²) < 4.78 is 0. The molecule has 0 bridgehead atoms. The van der Waals surface area contributed by atoms with E-state index in [1.54, 1.807) is 0 Å². The first-order valence-electron chi connectivity index (χ1n) is 3.01. The summed E-state index contributed by atoms with van der Waals surface area (Å²) in [6.45, 7) is 7.04. The van der Waals surface area contributed by atoms with E-state index in [1.807, 2.05) is 0 Å². The molecule has 1 aliphatic heterocycles. The van der Waals surface area contributed by atoms with Crippen LogP contribution in [0, 0.1) is 11.8 Å². The van der Waals surface area contributed by atoms with Crippen molar-refractivity contribution in [3.05, 3.63) is 0 Å². The summed E-state index contributed by atoms with van der Waals surface area (Å²) in [7, 11) is 0. The summed E-state index contributed by atoms with van der Waals surface area (Å²) >= 11 is 0. The molecule has 1 heterocycles. The van der Waals surface area contributed by atoms with Gasteiger partial charge in [-0.05, 0) is 24.9 Å². The molecule has 0 aromatic rings. The van der Waals surface area contributed by atoms with Crippen molar-refractivity contribution < 1.29 is 0 Å². The quantitative estimate of drug-likeness (QED) is 0.528. The maximum Gasteiger partial charge on any atom is -0.00200 e. The van der Waals surface area contributed by atoms with E-state index in [9.17, 15) is 0 Å². The highest BCUT2D eigenvalue weighted by atomic mass is 35.5. The van der Waals surface area contributed by atoms with Crippen molar-refractivity contribution in [1.82, 2.24) is 5.32 Å². The Hall–Kier alpha value is 0.250. The zero-order valence-electron chi connectivity index (χ0n) is 5.48. The van der Waals surface area contributed by atoms with Crippen LogP contribution in [0.4, 0.5) is 0 Å². The zero-order chi connectivity index (χ0) is 5.28. The third-order valence-electron chi connectivity index (χ3n) is 1.90. The smallest absolute Gasteiger partial charge is 0.00200 e. The maximum atomic E-state index is 3.32. The second-order valence-electron chi connectivity index (χ2n) is 2.61. The van der Waals surface area contributed by atoms with Crippen molar-refractivity contribution in [3.8, 4) is 0 Å². The molecule has 2 heteroatoms. The van der Waals surface area contributed by atoms with Gasteiger partial charge in [0.25, 0.3) is 0 Å². The van der Waals surface area contributed by atoms with Gasteiger partial charge in [0.05, 0.1) is 0 Å². The van der Waals surface area contributed by atoms with Crippen LogP contribution in [-0.2, 0) is 0 Å². The highest BCUT2D eigenvalue weighted by molar-refractivity contribution is 5.85. The fourth-order valence-electron chi connectivity index (χ4n) is 0.941. The first kappa shape index (κ1) is 8.25. The molecule has 0 amide bonds. The second-order valence-corrected chi connectivity index (χ2v) is 2.61. The van der Waals surface area contributed by atoms with Crippen LogP contribution in [0.2, 0.25) is 0 Å². The molecule has 1 nitrogen and oxygen atoms in total. The predicted octanol–water partition coefficient (Wildman–Crippen LogP) is 1.28. The standard InChI is InChI=1S/C6H13N.ClH/c1-5-3-7-4-6(5)2;/h5-7H,3-4H2,1-2H3;1H. The first-order chi connectivity index (χ1) is 3.30. The Morgan fingerprint density at radius 1 is 1.12 bits per heavy atom. The Morgan fingerprint density at radius 3 is 1.62 bits per heavy atom. The summed E-state index contributed by atoms with van der Waals surface area (Å²) in [6, 6.07) is 0. The molecule has 1 saturated heterocycles. The summed E-state index contributed by atoms with van der Waals surface area (Å²) in [5, 5.41) is 3.32.